The Labute approximate surface area is 123 Å². The summed E-state index contributed by atoms with van der Waals surface area (Å²) < 4.78 is 2.10. The van der Waals surface area contributed by atoms with Gasteiger partial charge in [0, 0.05) is 38.2 Å². The lowest BCUT2D eigenvalue weighted by atomic mass is 10.1. The maximum Gasteiger partial charge on any atom is 0.139 e. The predicted octanol–water partition coefficient (Wildman–Crippen LogP) is 1.99. The largest absolute Gasteiger partial charge is 0.307 e. The van der Waals surface area contributed by atoms with Crippen LogP contribution in [-0.2, 0) is 19.5 Å². The summed E-state index contributed by atoms with van der Waals surface area (Å²) in [4.78, 5) is 15.6. The molecule has 5 nitrogen and oxygen atoms in total. The van der Waals surface area contributed by atoms with Crippen molar-refractivity contribution in [2.45, 2.75) is 26.4 Å². The highest BCUT2D eigenvalue weighted by Gasteiger charge is 2.18. The highest BCUT2D eigenvalue weighted by molar-refractivity contribution is 5.47. The third-order valence-corrected chi connectivity index (χ3v) is 4.07. The molecule has 0 spiro atoms. The van der Waals surface area contributed by atoms with E-state index in [2.05, 4.69) is 50.7 Å². The molecular weight excluding hydrogens is 262 g/mol. The monoisotopic (exact) mass is 279 g/mol. The minimum Gasteiger partial charge on any atom is -0.307 e. The Bertz CT molecular complexity index is 792. The van der Waals surface area contributed by atoms with Crippen molar-refractivity contribution in [3.8, 4) is 0 Å². The molecule has 0 aromatic carbocycles. The van der Waals surface area contributed by atoms with Gasteiger partial charge < -0.3 is 4.40 Å². The van der Waals surface area contributed by atoms with Gasteiger partial charge in [0.2, 0.25) is 0 Å². The summed E-state index contributed by atoms with van der Waals surface area (Å²) in [7, 11) is 0. The molecule has 4 heterocycles. The topological polar surface area (TPSA) is 46.3 Å². The normalized spacial score (nSPS) is 15.3. The molecule has 0 N–H and O–H groups in total. The summed E-state index contributed by atoms with van der Waals surface area (Å²) in [5.74, 6) is 0. The molecule has 0 saturated heterocycles. The number of rotatable bonds is 2. The van der Waals surface area contributed by atoms with Crippen LogP contribution in [0, 0.1) is 6.92 Å². The number of aryl methyl sites for hydroxylation is 1. The Balaban J connectivity index is 1.57. The average Bonchev–Trinajstić information content (AvgIpc) is 2.91. The summed E-state index contributed by atoms with van der Waals surface area (Å²) in [5.41, 5.74) is 5.80. The van der Waals surface area contributed by atoms with E-state index < -0.39 is 0 Å². The molecular formula is C16H17N5. The van der Waals surface area contributed by atoms with E-state index in [1.54, 1.807) is 6.33 Å². The third kappa shape index (κ3) is 2.29. The van der Waals surface area contributed by atoms with E-state index in [4.69, 9.17) is 4.98 Å². The van der Waals surface area contributed by atoms with E-state index in [-0.39, 0.29) is 0 Å². The van der Waals surface area contributed by atoms with Gasteiger partial charge >= 0.3 is 0 Å². The maximum atomic E-state index is 4.75. The molecule has 0 aliphatic carbocycles. The van der Waals surface area contributed by atoms with Crippen molar-refractivity contribution in [1.82, 2.24) is 24.3 Å². The van der Waals surface area contributed by atoms with Crippen LogP contribution in [0.5, 0.6) is 0 Å². The molecule has 0 unspecified atom stereocenters. The Morgan fingerprint density at radius 1 is 1.33 bits per heavy atom. The van der Waals surface area contributed by atoms with Crippen molar-refractivity contribution >= 4 is 5.65 Å². The van der Waals surface area contributed by atoms with E-state index in [1.165, 1.54) is 11.1 Å². The van der Waals surface area contributed by atoms with Gasteiger partial charge in [0.15, 0.2) is 0 Å². The highest BCUT2D eigenvalue weighted by Crippen LogP contribution is 2.18. The van der Waals surface area contributed by atoms with Crippen molar-refractivity contribution in [2.24, 2.45) is 0 Å². The van der Waals surface area contributed by atoms with Crippen LogP contribution >= 0.6 is 0 Å². The number of nitrogens with zero attached hydrogens (tertiary/aromatic N) is 5. The second-order valence-corrected chi connectivity index (χ2v) is 5.61. The standard InChI is InChI=1S/C16H17N5/c1-12-3-2-5-21-9-14(19-16(12)21)8-20-6-4-13-7-17-11-18-15(13)10-20/h2-3,5,7,9,11H,4,6,8,10H2,1H3. The van der Waals surface area contributed by atoms with Gasteiger partial charge in [0.1, 0.15) is 12.0 Å². The predicted molar refractivity (Wildman–Crippen MR) is 79.8 cm³/mol. The van der Waals surface area contributed by atoms with Crippen LogP contribution in [0.4, 0.5) is 0 Å². The van der Waals surface area contributed by atoms with Crippen LogP contribution in [-0.4, -0.2) is 30.8 Å². The van der Waals surface area contributed by atoms with Crippen molar-refractivity contribution < 1.29 is 0 Å². The Hall–Kier alpha value is -2.27. The van der Waals surface area contributed by atoms with Gasteiger partial charge in [-0.3, -0.25) is 4.90 Å². The Morgan fingerprint density at radius 2 is 2.29 bits per heavy atom. The fraction of sp³-hybridized carbons (Fsp3) is 0.312. The molecule has 3 aromatic rings. The second-order valence-electron chi connectivity index (χ2n) is 5.61. The molecule has 0 atom stereocenters. The van der Waals surface area contributed by atoms with Crippen LogP contribution < -0.4 is 0 Å². The van der Waals surface area contributed by atoms with Crippen molar-refractivity contribution in [3.63, 3.8) is 0 Å². The summed E-state index contributed by atoms with van der Waals surface area (Å²) in [6, 6.07) is 4.15. The second kappa shape index (κ2) is 4.93. The van der Waals surface area contributed by atoms with Crippen LogP contribution in [0.3, 0.4) is 0 Å². The zero-order valence-corrected chi connectivity index (χ0v) is 12.0. The van der Waals surface area contributed by atoms with Gasteiger partial charge in [0.25, 0.3) is 0 Å². The molecule has 21 heavy (non-hydrogen) atoms. The molecule has 1 aliphatic heterocycles. The molecule has 0 radical (unpaired) electrons. The number of hydrogen-bond donors (Lipinski definition) is 0. The minimum absolute atomic E-state index is 0.866. The Morgan fingerprint density at radius 3 is 3.19 bits per heavy atom. The molecule has 1 aliphatic rings. The average molecular weight is 279 g/mol. The lowest BCUT2D eigenvalue weighted by Gasteiger charge is -2.26. The van der Waals surface area contributed by atoms with Gasteiger partial charge in [-0.05, 0) is 30.5 Å². The van der Waals surface area contributed by atoms with Crippen molar-refractivity contribution in [1.29, 1.82) is 0 Å². The van der Waals surface area contributed by atoms with E-state index in [1.807, 2.05) is 6.20 Å². The van der Waals surface area contributed by atoms with Gasteiger partial charge in [0.05, 0.1) is 11.4 Å². The zero-order valence-electron chi connectivity index (χ0n) is 12.0. The smallest absolute Gasteiger partial charge is 0.139 e. The van der Waals surface area contributed by atoms with Gasteiger partial charge in [-0.2, -0.15) is 0 Å². The first-order valence-corrected chi connectivity index (χ1v) is 7.23. The number of pyridine rings is 1. The fourth-order valence-corrected chi connectivity index (χ4v) is 2.95. The maximum absolute atomic E-state index is 4.75. The minimum atomic E-state index is 0.866. The van der Waals surface area contributed by atoms with E-state index in [0.29, 0.717) is 0 Å². The Kier molecular flexibility index (Phi) is 2.93. The van der Waals surface area contributed by atoms with Crippen molar-refractivity contribution in [3.05, 3.63) is 59.6 Å². The molecule has 4 rings (SSSR count). The molecule has 106 valence electrons. The molecule has 0 fully saturated rings. The lowest BCUT2D eigenvalue weighted by Crippen LogP contribution is -2.30. The number of aromatic nitrogens is 4. The first-order valence-electron chi connectivity index (χ1n) is 7.23. The van der Waals surface area contributed by atoms with Crippen LogP contribution in [0.1, 0.15) is 22.5 Å². The number of hydrogen-bond acceptors (Lipinski definition) is 4. The molecule has 0 bridgehead atoms. The van der Waals surface area contributed by atoms with E-state index in [9.17, 15) is 0 Å². The fourth-order valence-electron chi connectivity index (χ4n) is 2.95. The number of imidazole rings is 1. The van der Waals surface area contributed by atoms with E-state index in [0.717, 1.165) is 43.1 Å². The SMILES string of the molecule is Cc1cccn2cc(CN3CCc4cncnc4C3)nc12. The van der Waals surface area contributed by atoms with Crippen LogP contribution in [0.15, 0.2) is 37.1 Å². The molecule has 0 amide bonds. The highest BCUT2D eigenvalue weighted by atomic mass is 15.2. The summed E-state index contributed by atoms with van der Waals surface area (Å²) in [6.45, 7) is 4.88. The lowest BCUT2D eigenvalue weighted by molar-refractivity contribution is 0.238. The molecule has 0 saturated carbocycles. The third-order valence-electron chi connectivity index (χ3n) is 4.07. The van der Waals surface area contributed by atoms with Crippen molar-refractivity contribution in [2.75, 3.05) is 6.54 Å². The summed E-state index contributed by atoms with van der Waals surface area (Å²) >= 11 is 0. The van der Waals surface area contributed by atoms with Crippen LogP contribution in [0.2, 0.25) is 0 Å². The first kappa shape index (κ1) is 12.5. The first-order chi connectivity index (χ1) is 10.3. The molecule has 5 heteroatoms. The van der Waals surface area contributed by atoms with E-state index >= 15 is 0 Å². The van der Waals surface area contributed by atoms with Gasteiger partial charge in [-0.1, -0.05) is 6.07 Å². The van der Waals surface area contributed by atoms with Gasteiger partial charge in [-0.25, -0.2) is 15.0 Å². The summed E-state index contributed by atoms with van der Waals surface area (Å²) in [5, 5.41) is 0. The van der Waals surface area contributed by atoms with Crippen LogP contribution in [0.25, 0.3) is 5.65 Å². The quantitative estimate of drug-likeness (QED) is 0.720. The zero-order chi connectivity index (χ0) is 14.2. The number of fused-ring (bicyclic) bond motifs is 2. The summed E-state index contributed by atoms with van der Waals surface area (Å²) in [6.07, 6.45) is 8.77. The van der Waals surface area contributed by atoms with Gasteiger partial charge in [-0.15, -0.1) is 0 Å². The molecule has 3 aromatic heterocycles.